The highest BCUT2D eigenvalue weighted by atomic mass is 15.0. The normalized spacial score (nSPS) is 15.7. The fourth-order valence-corrected chi connectivity index (χ4v) is 3.36. The van der Waals surface area contributed by atoms with Gasteiger partial charge in [0.1, 0.15) is 0 Å². The van der Waals surface area contributed by atoms with Crippen molar-refractivity contribution in [1.29, 1.82) is 5.26 Å². The first-order valence-corrected chi connectivity index (χ1v) is 7.14. The highest BCUT2D eigenvalue weighted by Gasteiger charge is 2.20. The summed E-state index contributed by atoms with van der Waals surface area (Å²) in [5.74, 6) is 0.368. The molecule has 1 aromatic heterocycles. The van der Waals surface area contributed by atoms with Crippen molar-refractivity contribution in [2.75, 3.05) is 0 Å². The Morgan fingerprint density at radius 2 is 2.05 bits per heavy atom. The number of nitriles is 1. The maximum absolute atomic E-state index is 9.40. The van der Waals surface area contributed by atoms with Crippen molar-refractivity contribution < 1.29 is 0 Å². The van der Waals surface area contributed by atoms with Gasteiger partial charge in [0.15, 0.2) is 0 Å². The number of nitrogens with zero attached hydrogens (tertiary/aromatic N) is 2. The second-order valence-corrected chi connectivity index (χ2v) is 6.01. The van der Waals surface area contributed by atoms with Gasteiger partial charge in [-0.2, -0.15) is 5.26 Å². The van der Waals surface area contributed by atoms with E-state index in [0.717, 1.165) is 13.0 Å². The standard InChI is InChI=1S/C17H20N2/c1-11(2)16(10-18)14-8-13-5-4-6-19-12(3)7-15(9-14)17(13)19/h7-9,11,16H,4-6H2,1-3H3. The zero-order valence-electron chi connectivity index (χ0n) is 11.9. The van der Waals surface area contributed by atoms with Crippen molar-refractivity contribution in [3.63, 3.8) is 0 Å². The molecule has 1 aliphatic heterocycles. The number of aryl methyl sites for hydroxylation is 3. The maximum atomic E-state index is 9.40. The van der Waals surface area contributed by atoms with Crippen LogP contribution in [0.1, 0.15) is 43.0 Å². The van der Waals surface area contributed by atoms with Crippen LogP contribution in [0.5, 0.6) is 0 Å². The molecule has 0 aliphatic carbocycles. The molecule has 0 radical (unpaired) electrons. The van der Waals surface area contributed by atoms with Crippen LogP contribution in [0.4, 0.5) is 0 Å². The lowest BCUT2D eigenvalue weighted by atomic mass is 9.87. The average Bonchev–Trinajstić information content (AvgIpc) is 2.68. The SMILES string of the molecule is Cc1cc2cc(C(C#N)C(C)C)cc3c2n1CCC3. The maximum Gasteiger partial charge on any atom is 0.0736 e. The Labute approximate surface area is 114 Å². The van der Waals surface area contributed by atoms with Gasteiger partial charge in [-0.15, -0.1) is 0 Å². The molecular weight excluding hydrogens is 232 g/mol. The van der Waals surface area contributed by atoms with Gasteiger partial charge in [0, 0.05) is 17.6 Å². The first-order chi connectivity index (χ1) is 9.11. The predicted molar refractivity (Wildman–Crippen MR) is 78.2 cm³/mol. The molecule has 98 valence electrons. The second kappa shape index (κ2) is 4.42. The third-order valence-electron chi connectivity index (χ3n) is 4.29. The summed E-state index contributed by atoms with van der Waals surface area (Å²) >= 11 is 0. The molecule has 19 heavy (non-hydrogen) atoms. The molecule has 2 aromatic rings. The summed E-state index contributed by atoms with van der Waals surface area (Å²) in [4.78, 5) is 0. The Morgan fingerprint density at radius 1 is 1.26 bits per heavy atom. The Morgan fingerprint density at radius 3 is 2.74 bits per heavy atom. The smallest absolute Gasteiger partial charge is 0.0736 e. The lowest BCUT2D eigenvalue weighted by molar-refractivity contribution is 0.585. The summed E-state index contributed by atoms with van der Waals surface area (Å²) in [5, 5.41) is 10.7. The zero-order valence-corrected chi connectivity index (χ0v) is 11.9. The molecule has 3 rings (SSSR count). The van der Waals surface area contributed by atoms with Crippen LogP contribution in [0.15, 0.2) is 18.2 Å². The van der Waals surface area contributed by atoms with Gasteiger partial charge in [0.25, 0.3) is 0 Å². The van der Waals surface area contributed by atoms with Gasteiger partial charge in [-0.25, -0.2) is 0 Å². The van der Waals surface area contributed by atoms with E-state index in [9.17, 15) is 5.26 Å². The molecule has 0 N–H and O–H groups in total. The predicted octanol–water partition coefficient (Wildman–Crippen LogP) is 4.16. The van der Waals surface area contributed by atoms with Crippen LogP contribution in [-0.2, 0) is 13.0 Å². The van der Waals surface area contributed by atoms with E-state index in [2.05, 4.69) is 49.6 Å². The molecule has 2 nitrogen and oxygen atoms in total. The number of aromatic nitrogens is 1. The fraction of sp³-hybridized carbons (Fsp3) is 0.471. The number of rotatable bonds is 2. The largest absolute Gasteiger partial charge is 0.345 e. The molecule has 0 saturated heterocycles. The molecule has 2 heterocycles. The Balaban J connectivity index is 2.23. The van der Waals surface area contributed by atoms with Crippen molar-refractivity contribution in [3.05, 3.63) is 35.0 Å². The third-order valence-corrected chi connectivity index (χ3v) is 4.29. The molecule has 1 atom stereocenters. The van der Waals surface area contributed by atoms with Crippen LogP contribution >= 0.6 is 0 Å². The number of hydrogen-bond donors (Lipinski definition) is 0. The summed E-state index contributed by atoms with van der Waals surface area (Å²) in [6, 6.07) is 9.23. The molecule has 1 aliphatic rings. The van der Waals surface area contributed by atoms with Crippen molar-refractivity contribution in [1.82, 2.24) is 4.57 Å². The molecule has 0 saturated carbocycles. The lowest BCUT2D eigenvalue weighted by Crippen LogP contribution is -2.10. The van der Waals surface area contributed by atoms with Crippen LogP contribution in [0.2, 0.25) is 0 Å². The average molecular weight is 252 g/mol. The summed E-state index contributed by atoms with van der Waals surface area (Å²) in [6.07, 6.45) is 2.35. The van der Waals surface area contributed by atoms with E-state index in [-0.39, 0.29) is 5.92 Å². The number of hydrogen-bond acceptors (Lipinski definition) is 1. The lowest BCUT2D eigenvalue weighted by Gasteiger charge is -2.20. The molecule has 0 bridgehead atoms. The molecule has 0 fully saturated rings. The van der Waals surface area contributed by atoms with Gasteiger partial charge >= 0.3 is 0 Å². The van der Waals surface area contributed by atoms with E-state index >= 15 is 0 Å². The second-order valence-electron chi connectivity index (χ2n) is 6.01. The van der Waals surface area contributed by atoms with Gasteiger partial charge < -0.3 is 4.57 Å². The molecular formula is C17H20N2. The topological polar surface area (TPSA) is 28.7 Å². The summed E-state index contributed by atoms with van der Waals surface area (Å²) < 4.78 is 2.43. The van der Waals surface area contributed by atoms with E-state index < -0.39 is 0 Å². The zero-order chi connectivity index (χ0) is 13.6. The first-order valence-electron chi connectivity index (χ1n) is 7.14. The monoisotopic (exact) mass is 252 g/mol. The quantitative estimate of drug-likeness (QED) is 0.789. The summed E-state index contributed by atoms with van der Waals surface area (Å²) in [5.41, 5.74) is 5.35. The van der Waals surface area contributed by atoms with Gasteiger partial charge in [0.05, 0.1) is 17.5 Å². The molecule has 1 unspecified atom stereocenters. The van der Waals surface area contributed by atoms with E-state index in [1.807, 2.05) is 0 Å². The van der Waals surface area contributed by atoms with E-state index in [1.54, 1.807) is 0 Å². The highest BCUT2D eigenvalue weighted by molar-refractivity contribution is 5.86. The van der Waals surface area contributed by atoms with Gasteiger partial charge in [-0.3, -0.25) is 0 Å². The van der Waals surface area contributed by atoms with Gasteiger partial charge in [0.2, 0.25) is 0 Å². The van der Waals surface area contributed by atoms with Crippen molar-refractivity contribution in [2.45, 2.75) is 46.1 Å². The molecule has 1 aromatic carbocycles. The van der Waals surface area contributed by atoms with Crippen LogP contribution in [-0.4, -0.2) is 4.57 Å². The van der Waals surface area contributed by atoms with E-state index in [1.165, 1.54) is 34.1 Å². The summed E-state index contributed by atoms with van der Waals surface area (Å²) in [6.45, 7) is 7.56. The highest BCUT2D eigenvalue weighted by Crippen LogP contribution is 2.33. The summed E-state index contributed by atoms with van der Waals surface area (Å²) in [7, 11) is 0. The number of benzene rings is 1. The first kappa shape index (κ1) is 12.3. The minimum atomic E-state index is 0.00577. The van der Waals surface area contributed by atoms with Crippen LogP contribution in [0.25, 0.3) is 10.9 Å². The van der Waals surface area contributed by atoms with Crippen molar-refractivity contribution in [3.8, 4) is 6.07 Å². The molecule has 2 heteroatoms. The Hall–Kier alpha value is -1.75. The Kier molecular flexibility index (Phi) is 2.86. The van der Waals surface area contributed by atoms with Crippen LogP contribution < -0.4 is 0 Å². The van der Waals surface area contributed by atoms with Crippen LogP contribution in [0.3, 0.4) is 0 Å². The van der Waals surface area contributed by atoms with E-state index in [4.69, 9.17) is 0 Å². The van der Waals surface area contributed by atoms with E-state index in [0.29, 0.717) is 5.92 Å². The Bertz CT molecular complexity index is 671. The minimum absolute atomic E-state index is 0.00577. The molecule has 0 amide bonds. The molecule has 0 spiro atoms. The van der Waals surface area contributed by atoms with Gasteiger partial charge in [-0.05, 0) is 48.9 Å². The van der Waals surface area contributed by atoms with Crippen molar-refractivity contribution >= 4 is 10.9 Å². The third kappa shape index (κ3) is 1.85. The minimum Gasteiger partial charge on any atom is -0.345 e. The fourth-order valence-electron chi connectivity index (χ4n) is 3.36. The van der Waals surface area contributed by atoms with Crippen LogP contribution in [0, 0.1) is 24.2 Å². The van der Waals surface area contributed by atoms with Crippen molar-refractivity contribution in [2.24, 2.45) is 5.92 Å². The van der Waals surface area contributed by atoms with Gasteiger partial charge in [-0.1, -0.05) is 19.9 Å².